The Labute approximate surface area is 267 Å². The van der Waals surface area contributed by atoms with Gasteiger partial charge in [0.1, 0.15) is 22.8 Å². The number of aromatic hydroxyl groups is 1. The Morgan fingerprint density at radius 3 is 2.39 bits per heavy atom. The molecule has 1 saturated carbocycles. The molecule has 0 saturated heterocycles. The van der Waals surface area contributed by atoms with Crippen LogP contribution in [0.2, 0.25) is 0 Å². The first kappa shape index (κ1) is 32.9. The smallest absolute Gasteiger partial charge is 0.258 e. The van der Waals surface area contributed by atoms with Crippen molar-refractivity contribution in [3.63, 3.8) is 0 Å². The maximum atomic E-state index is 14.2. The van der Waals surface area contributed by atoms with Crippen LogP contribution in [0.4, 0.5) is 0 Å². The summed E-state index contributed by atoms with van der Waals surface area (Å²) in [5.74, 6) is -6.69. The third-order valence-corrected chi connectivity index (χ3v) is 9.32. The van der Waals surface area contributed by atoms with Crippen molar-refractivity contribution in [1.29, 1.82) is 0 Å². The number of benzene rings is 2. The van der Waals surface area contributed by atoms with Crippen molar-refractivity contribution in [2.75, 3.05) is 48.3 Å². The number of phenolic OH excluding ortho intramolecular Hbond substituents is 1. The molecule has 0 aromatic heterocycles. The third-order valence-electron chi connectivity index (χ3n) is 9.32. The van der Waals surface area contributed by atoms with Gasteiger partial charge in [-0.25, -0.2) is 0 Å². The summed E-state index contributed by atoms with van der Waals surface area (Å²) < 4.78 is 0. The number of hydrogen-bond donors (Lipinski definition) is 6. The molecule has 3 aliphatic carbocycles. The molecule has 3 aliphatic rings. The molecule has 0 spiro atoms. The van der Waals surface area contributed by atoms with E-state index in [2.05, 4.69) is 10.6 Å². The SMILES string of the molecule is CNC(=O)C1=C(O)[C@@]2(O)C(=O)C3=C(O)c4c(O)ccc(-c5cccc(C(=O)NCCCN(C)C)c5)c4C[C@H]3C[C@H]2C(N(C)C)C1=O. The summed E-state index contributed by atoms with van der Waals surface area (Å²) in [6.45, 7) is 1.34. The molecule has 0 aliphatic heterocycles. The molecule has 6 N–H and O–H groups in total. The lowest BCUT2D eigenvalue weighted by Crippen LogP contribution is -2.65. The fourth-order valence-corrected chi connectivity index (χ4v) is 7.15. The number of Topliss-reactive ketones (excluding diaryl/α,β-unsaturated/α-hetero) is 2. The molecule has 2 amide bonds. The van der Waals surface area contributed by atoms with E-state index in [1.165, 1.54) is 18.0 Å². The van der Waals surface area contributed by atoms with E-state index in [1.807, 2.05) is 25.1 Å². The average Bonchev–Trinajstić information content (AvgIpc) is 3.00. The monoisotopic (exact) mass is 632 g/mol. The Balaban J connectivity index is 1.59. The second kappa shape index (κ2) is 12.3. The standard InChI is InChI=1S/C34H40N4O8/c1-35-33(45)26-29(41)27(38(4)5)22-16-19-15-21-20(17-8-6-9-18(14-17)32(44)36-12-7-13-37(2)3)10-11-23(39)25(21)28(40)24(19)30(42)34(22,46)31(26)43/h6,8-11,14,19,22,27,39-40,43,46H,7,12-13,15-16H2,1-5H3,(H,35,45)(H,36,44)/t19-,22-,27?,34-/m0/s1. The lowest BCUT2D eigenvalue weighted by Gasteiger charge is -2.50. The van der Waals surface area contributed by atoms with E-state index in [-0.39, 0.29) is 35.6 Å². The molecule has 12 nitrogen and oxygen atoms in total. The van der Waals surface area contributed by atoms with Gasteiger partial charge in [-0.05, 0) is 94.8 Å². The summed E-state index contributed by atoms with van der Waals surface area (Å²) in [5, 5.41) is 50.8. The van der Waals surface area contributed by atoms with Gasteiger partial charge >= 0.3 is 0 Å². The van der Waals surface area contributed by atoms with Crippen LogP contribution in [0.15, 0.2) is 53.3 Å². The van der Waals surface area contributed by atoms with Gasteiger partial charge in [-0.1, -0.05) is 18.2 Å². The molecule has 5 rings (SSSR count). The number of nitrogens with zero attached hydrogens (tertiary/aromatic N) is 2. The molecule has 1 fully saturated rings. The van der Waals surface area contributed by atoms with Gasteiger partial charge in [-0.2, -0.15) is 0 Å². The minimum atomic E-state index is -2.66. The van der Waals surface area contributed by atoms with E-state index < -0.39 is 58.0 Å². The number of hydrogen-bond acceptors (Lipinski definition) is 10. The van der Waals surface area contributed by atoms with Crippen LogP contribution >= 0.6 is 0 Å². The number of fused-ring (bicyclic) bond motifs is 3. The van der Waals surface area contributed by atoms with Gasteiger partial charge in [0.15, 0.2) is 11.4 Å². The molecule has 2 aromatic carbocycles. The number of amides is 2. The Kier molecular flexibility index (Phi) is 8.82. The Bertz CT molecular complexity index is 1690. The van der Waals surface area contributed by atoms with Crippen LogP contribution in [-0.4, -0.2) is 114 Å². The summed E-state index contributed by atoms with van der Waals surface area (Å²) in [4.78, 5) is 56.8. The van der Waals surface area contributed by atoms with Crippen LogP contribution in [0.1, 0.15) is 34.3 Å². The minimum absolute atomic E-state index is 0.00345. The quantitative estimate of drug-likeness (QED) is 0.185. The lowest BCUT2D eigenvalue weighted by atomic mass is 9.57. The summed E-state index contributed by atoms with van der Waals surface area (Å²) in [6, 6.07) is 8.90. The van der Waals surface area contributed by atoms with Crippen molar-refractivity contribution < 1.29 is 39.6 Å². The van der Waals surface area contributed by atoms with Crippen LogP contribution in [0.25, 0.3) is 16.9 Å². The Hall–Kier alpha value is -4.52. The number of phenols is 1. The molecule has 244 valence electrons. The third kappa shape index (κ3) is 5.25. The topological polar surface area (TPSA) is 180 Å². The number of likely N-dealkylation sites (N-methyl/N-ethyl adjacent to an activating group) is 2. The maximum Gasteiger partial charge on any atom is 0.258 e. The fraction of sp³-hybridized carbons (Fsp3) is 0.412. The van der Waals surface area contributed by atoms with Crippen LogP contribution in [-0.2, 0) is 20.8 Å². The van der Waals surface area contributed by atoms with E-state index in [0.29, 0.717) is 28.8 Å². The molecule has 12 heteroatoms. The number of nitrogens with one attached hydrogen (secondary N) is 2. The van der Waals surface area contributed by atoms with E-state index in [4.69, 9.17) is 0 Å². The predicted octanol–water partition coefficient (Wildman–Crippen LogP) is 1.57. The van der Waals surface area contributed by atoms with Crippen LogP contribution in [0.3, 0.4) is 0 Å². The van der Waals surface area contributed by atoms with Crippen molar-refractivity contribution in [2.24, 2.45) is 11.8 Å². The van der Waals surface area contributed by atoms with Gasteiger partial charge in [0.05, 0.1) is 11.6 Å². The van der Waals surface area contributed by atoms with Crippen molar-refractivity contribution in [3.8, 4) is 16.9 Å². The first-order valence-corrected chi connectivity index (χ1v) is 15.2. The van der Waals surface area contributed by atoms with Crippen LogP contribution < -0.4 is 10.6 Å². The lowest BCUT2D eigenvalue weighted by molar-refractivity contribution is -0.153. The second-order valence-corrected chi connectivity index (χ2v) is 12.7. The number of aliphatic hydroxyl groups excluding tert-OH is 2. The van der Waals surface area contributed by atoms with Gasteiger partial charge < -0.3 is 36.0 Å². The van der Waals surface area contributed by atoms with Crippen molar-refractivity contribution >= 4 is 29.1 Å². The van der Waals surface area contributed by atoms with Gasteiger partial charge in [-0.15, -0.1) is 0 Å². The number of ketones is 2. The number of aliphatic hydroxyl groups is 3. The molecular weight excluding hydrogens is 592 g/mol. The highest BCUT2D eigenvalue weighted by Crippen LogP contribution is 2.53. The second-order valence-electron chi connectivity index (χ2n) is 12.7. The largest absolute Gasteiger partial charge is 0.508 e. The maximum absolute atomic E-state index is 14.2. The van der Waals surface area contributed by atoms with E-state index in [0.717, 1.165) is 13.0 Å². The van der Waals surface area contributed by atoms with Gasteiger partial charge in [-0.3, -0.25) is 24.1 Å². The fourth-order valence-electron chi connectivity index (χ4n) is 7.15. The minimum Gasteiger partial charge on any atom is -0.508 e. The molecule has 0 bridgehead atoms. The molecule has 0 radical (unpaired) electrons. The zero-order chi connectivity index (χ0) is 33.7. The average molecular weight is 633 g/mol. The van der Waals surface area contributed by atoms with Gasteiger partial charge in [0, 0.05) is 30.6 Å². The van der Waals surface area contributed by atoms with E-state index in [1.54, 1.807) is 38.4 Å². The first-order valence-electron chi connectivity index (χ1n) is 15.2. The Morgan fingerprint density at radius 2 is 1.74 bits per heavy atom. The van der Waals surface area contributed by atoms with E-state index in [9.17, 15) is 39.6 Å². The number of carbonyl (C=O) groups is 4. The highest BCUT2D eigenvalue weighted by atomic mass is 16.3. The predicted molar refractivity (Wildman–Crippen MR) is 170 cm³/mol. The summed E-state index contributed by atoms with van der Waals surface area (Å²) in [7, 11) is 8.34. The molecule has 0 heterocycles. The van der Waals surface area contributed by atoms with Crippen molar-refractivity contribution in [1.82, 2.24) is 20.4 Å². The normalized spacial score (nSPS) is 24.1. The van der Waals surface area contributed by atoms with E-state index >= 15 is 0 Å². The molecular formula is C34H40N4O8. The zero-order valence-corrected chi connectivity index (χ0v) is 26.5. The highest BCUT2D eigenvalue weighted by Gasteiger charge is 2.64. The van der Waals surface area contributed by atoms with Crippen LogP contribution in [0.5, 0.6) is 5.75 Å². The summed E-state index contributed by atoms with van der Waals surface area (Å²) >= 11 is 0. The van der Waals surface area contributed by atoms with Crippen molar-refractivity contribution in [3.05, 3.63) is 70.0 Å². The van der Waals surface area contributed by atoms with Crippen molar-refractivity contribution in [2.45, 2.75) is 30.9 Å². The van der Waals surface area contributed by atoms with Gasteiger partial charge in [0.2, 0.25) is 5.78 Å². The molecule has 46 heavy (non-hydrogen) atoms. The summed E-state index contributed by atoms with van der Waals surface area (Å²) in [5.41, 5.74) is -1.32. The zero-order valence-electron chi connectivity index (χ0n) is 26.5. The Morgan fingerprint density at radius 1 is 1.02 bits per heavy atom. The highest BCUT2D eigenvalue weighted by molar-refractivity contribution is 6.25. The van der Waals surface area contributed by atoms with Crippen LogP contribution in [0, 0.1) is 11.8 Å². The van der Waals surface area contributed by atoms with Gasteiger partial charge in [0.25, 0.3) is 11.8 Å². The molecule has 4 atom stereocenters. The molecule has 1 unspecified atom stereocenters. The first-order chi connectivity index (χ1) is 21.7. The number of rotatable bonds is 8. The number of carbonyl (C=O) groups excluding carboxylic acids is 4. The molecule has 2 aromatic rings. The summed E-state index contributed by atoms with van der Waals surface area (Å²) in [6.07, 6.45) is 0.944.